The first kappa shape index (κ1) is 17.7. The van der Waals surface area contributed by atoms with E-state index in [-0.39, 0.29) is 30.1 Å². The van der Waals surface area contributed by atoms with E-state index < -0.39 is 0 Å². The van der Waals surface area contributed by atoms with Gasteiger partial charge in [-0.15, -0.1) is 0 Å². The second-order valence-corrected chi connectivity index (χ2v) is 7.13. The standard InChI is InChI=1S/C21H22FN3O2/c22-17-6-2-1-5-16(17)13-24-11-9-15(10-12-24)21(27)25-14-20(26)23-18-7-3-4-8-19(18)25/h1-8,15H,9-14H2,(H,23,26). The fourth-order valence-corrected chi connectivity index (χ4v) is 3.86. The van der Waals surface area contributed by atoms with E-state index in [2.05, 4.69) is 10.2 Å². The molecule has 2 amide bonds. The number of rotatable bonds is 3. The highest BCUT2D eigenvalue weighted by molar-refractivity contribution is 6.10. The van der Waals surface area contributed by atoms with Gasteiger partial charge in [0.05, 0.1) is 11.4 Å². The molecule has 2 aliphatic rings. The minimum absolute atomic E-state index is 0.00263. The molecule has 2 heterocycles. The van der Waals surface area contributed by atoms with Gasteiger partial charge in [-0.05, 0) is 44.1 Å². The van der Waals surface area contributed by atoms with Crippen LogP contribution in [0.25, 0.3) is 0 Å². The number of fused-ring (bicyclic) bond motifs is 1. The molecule has 27 heavy (non-hydrogen) atoms. The van der Waals surface area contributed by atoms with Gasteiger partial charge in [-0.25, -0.2) is 4.39 Å². The van der Waals surface area contributed by atoms with Crippen LogP contribution in [-0.4, -0.2) is 36.3 Å². The number of carbonyl (C=O) groups excluding carboxylic acids is 2. The van der Waals surface area contributed by atoms with Crippen molar-refractivity contribution in [3.63, 3.8) is 0 Å². The highest BCUT2D eigenvalue weighted by atomic mass is 19.1. The Morgan fingerprint density at radius 2 is 1.78 bits per heavy atom. The summed E-state index contributed by atoms with van der Waals surface area (Å²) in [6.07, 6.45) is 1.43. The molecule has 0 aromatic heterocycles. The van der Waals surface area contributed by atoms with Gasteiger partial charge in [0.15, 0.2) is 0 Å². The van der Waals surface area contributed by atoms with E-state index in [0.29, 0.717) is 30.6 Å². The third-order valence-corrected chi connectivity index (χ3v) is 5.33. The summed E-state index contributed by atoms with van der Waals surface area (Å²) in [4.78, 5) is 28.8. The zero-order valence-electron chi connectivity index (χ0n) is 15.0. The quantitative estimate of drug-likeness (QED) is 0.907. The Hall–Kier alpha value is -2.73. The fraction of sp³-hybridized carbons (Fsp3) is 0.333. The number of nitrogens with zero attached hydrogens (tertiary/aromatic N) is 2. The van der Waals surface area contributed by atoms with Gasteiger partial charge in [0.25, 0.3) is 0 Å². The summed E-state index contributed by atoms with van der Waals surface area (Å²) in [6.45, 7) is 2.10. The Kier molecular flexibility index (Phi) is 4.90. The van der Waals surface area contributed by atoms with Crippen molar-refractivity contribution in [1.29, 1.82) is 0 Å². The topological polar surface area (TPSA) is 52.7 Å². The highest BCUT2D eigenvalue weighted by Gasteiger charge is 2.33. The van der Waals surface area contributed by atoms with E-state index >= 15 is 0 Å². The van der Waals surface area contributed by atoms with Crippen LogP contribution in [0.4, 0.5) is 15.8 Å². The predicted octanol–water partition coefficient (Wildman–Crippen LogP) is 3.02. The fourth-order valence-electron chi connectivity index (χ4n) is 3.86. The number of anilines is 2. The Bertz CT molecular complexity index is 862. The lowest BCUT2D eigenvalue weighted by Crippen LogP contribution is -2.47. The van der Waals surface area contributed by atoms with Crippen molar-refractivity contribution < 1.29 is 14.0 Å². The van der Waals surface area contributed by atoms with E-state index in [1.54, 1.807) is 17.0 Å². The van der Waals surface area contributed by atoms with Gasteiger partial charge >= 0.3 is 0 Å². The molecular weight excluding hydrogens is 345 g/mol. The first-order valence-corrected chi connectivity index (χ1v) is 9.28. The normalized spacial score (nSPS) is 18.1. The summed E-state index contributed by atoms with van der Waals surface area (Å²) in [6, 6.07) is 14.2. The molecule has 0 atom stereocenters. The molecule has 0 bridgehead atoms. The van der Waals surface area contributed by atoms with Gasteiger partial charge in [-0.2, -0.15) is 0 Å². The Morgan fingerprint density at radius 3 is 2.56 bits per heavy atom. The third kappa shape index (κ3) is 3.71. The number of likely N-dealkylation sites (tertiary alicyclic amines) is 1. The number of benzene rings is 2. The van der Waals surface area contributed by atoms with E-state index in [4.69, 9.17) is 0 Å². The van der Waals surface area contributed by atoms with Crippen LogP contribution in [-0.2, 0) is 16.1 Å². The molecule has 2 aromatic carbocycles. The molecule has 0 unspecified atom stereocenters. The van der Waals surface area contributed by atoms with E-state index in [9.17, 15) is 14.0 Å². The van der Waals surface area contributed by atoms with Crippen LogP contribution in [0, 0.1) is 11.7 Å². The predicted molar refractivity (Wildman–Crippen MR) is 102 cm³/mol. The van der Waals surface area contributed by atoms with Crippen molar-refractivity contribution in [1.82, 2.24) is 4.90 Å². The van der Waals surface area contributed by atoms with Crippen LogP contribution in [0.2, 0.25) is 0 Å². The number of piperidine rings is 1. The van der Waals surface area contributed by atoms with E-state index in [0.717, 1.165) is 18.8 Å². The van der Waals surface area contributed by atoms with Crippen molar-refractivity contribution in [2.24, 2.45) is 5.92 Å². The molecule has 6 heteroatoms. The minimum atomic E-state index is -0.188. The highest BCUT2D eigenvalue weighted by Crippen LogP contribution is 2.32. The molecule has 0 saturated carbocycles. The second kappa shape index (κ2) is 7.48. The molecule has 0 spiro atoms. The summed E-state index contributed by atoms with van der Waals surface area (Å²) >= 11 is 0. The Balaban J connectivity index is 1.41. The van der Waals surface area contributed by atoms with Crippen molar-refractivity contribution in [2.45, 2.75) is 19.4 Å². The van der Waals surface area contributed by atoms with Crippen molar-refractivity contribution >= 4 is 23.2 Å². The van der Waals surface area contributed by atoms with Crippen LogP contribution >= 0.6 is 0 Å². The zero-order valence-corrected chi connectivity index (χ0v) is 15.0. The molecule has 4 rings (SSSR count). The lowest BCUT2D eigenvalue weighted by Gasteiger charge is -2.36. The summed E-state index contributed by atoms with van der Waals surface area (Å²) in [5.74, 6) is -0.464. The van der Waals surface area contributed by atoms with Crippen LogP contribution in [0.3, 0.4) is 0 Å². The molecule has 1 saturated heterocycles. The Labute approximate surface area is 157 Å². The molecule has 0 radical (unpaired) electrons. The number of hydrogen-bond acceptors (Lipinski definition) is 3. The lowest BCUT2D eigenvalue weighted by atomic mass is 9.94. The van der Waals surface area contributed by atoms with Gasteiger partial charge in [0, 0.05) is 18.0 Å². The monoisotopic (exact) mass is 367 g/mol. The third-order valence-electron chi connectivity index (χ3n) is 5.33. The van der Waals surface area contributed by atoms with Crippen LogP contribution in [0.5, 0.6) is 0 Å². The molecule has 0 aliphatic carbocycles. The van der Waals surface area contributed by atoms with Crippen LogP contribution in [0.15, 0.2) is 48.5 Å². The molecule has 2 aromatic rings. The summed E-state index contributed by atoms with van der Waals surface area (Å²) in [7, 11) is 0. The van der Waals surface area contributed by atoms with Crippen molar-refractivity contribution in [2.75, 3.05) is 29.9 Å². The maximum atomic E-state index is 13.8. The summed E-state index contributed by atoms with van der Waals surface area (Å²) in [5, 5.41) is 2.81. The van der Waals surface area contributed by atoms with Crippen LogP contribution in [0.1, 0.15) is 18.4 Å². The summed E-state index contributed by atoms with van der Waals surface area (Å²) < 4.78 is 13.8. The second-order valence-electron chi connectivity index (χ2n) is 7.13. The maximum absolute atomic E-state index is 13.8. The number of amides is 2. The molecule has 140 valence electrons. The lowest BCUT2D eigenvalue weighted by molar-refractivity contribution is -0.125. The van der Waals surface area contributed by atoms with E-state index in [1.165, 1.54) is 6.07 Å². The van der Waals surface area contributed by atoms with Gasteiger partial charge in [-0.3, -0.25) is 14.5 Å². The number of para-hydroxylation sites is 2. The molecular formula is C21H22FN3O2. The molecule has 5 nitrogen and oxygen atoms in total. The SMILES string of the molecule is O=C1CN(C(=O)C2CCN(Cc3ccccc3F)CC2)c2ccccc2N1. The minimum Gasteiger partial charge on any atom is -0.323 e. The summed E-state index contributed by atoms with van der Waals surface area (Å²) in [5.41, 5.74) is 2.12. The van der Waals surface area contributed by atoms with Crippen LogP contribution < -0.4 is 10.2 Å². The first-order chi connectivity index (χ1) is 13.1. The van der Waals surface area contributed by atoms with Gasteiger partial charge in [0.2, 0.25) is 11.8 Å². The van der Waals surface area contributed by atoms with Gasteiger partial charge < -0.3 is 10.2 Å². The Morgan fingerprint density at radius 1 is 1.07 bits per heavy atom. The van der Waals surface area contributed by atoms with Gasteiger partial charge in [-0.1, -0.05) is 30.3 Å². The van der Waals surface area contributed by atoms with Gasteiger partial charge in [0.1, 0.15) is 12.4 Å². The molecule has 1 fully saturated rings. The molecule has 1 N–H and O–H groups in total. The number of halogens is 1. The smallest absolute Gasteiger partial charge is 0.244 e. The average Bonchev–Trinajstić information content (AvgIpc) is 2.69. The number of nitrogens with one attached hydrogen (secondary N) is 1. The van der Waals surface area contributed by atoms with Crippen molar-refractivity contribution in [3.05, 3.63) is 59.9 Å². The number of carbonyl (C=O) groups is 2. The first-order valence-electron chi connectivity index (χ1n) is 9.28. The zero-order chi connectivity index (χ0) is 18.8. The average molecular weight is 367 g/mol. The van der Waals surface area contributed by atoms with E-state index in [1.807, 2.05) is 30.3 Å². The maximum Gasteiger partial charge on any atom is 0.244 e. The largest absolute Gasteiger partial charge is 0.323 e. The van der Waals surface area contributed by atoms with Crippen molar-refractivity contribution in [3.8, 4) is 0 Å². The molecule has 2 aliphatic heterocycles. The number of hydrogen-bond donors (Lipinski definition) is 1.